The van der Waals surface area contributed by atoms with Gasteiger partial charge in [0.15, 0.2) is 0 Å². The van der Waals surface area contributed by atoms with E-state index in [1.165, 1.54) is 0 Å². The molecule has 0 bridgehead atoms. The number of carbonyl (C=O) groups is 1. The molecule has 0 saturated carbocycles. The average molecular weight is 247 g/mol. The van der Waals surface area contributed by atoms with Crippen molar-refractivity contribution in [3.8, 4) is 0 Å². The Bertz CT molecular complexity index is 587. The van der Waals surface area contributed by atoms with Crippen molar-refractivity contribution in [1.29, 1.82) is 0 Å². The highest BCUT2D eigenvalue weighted by molar-refractivity contribution is 5.67. The number of aryl methyl sites for hydroxylation is 2. The minimum Gasteiger partial charge on any atom is -0.481 e. The van der Waals surface area contributed by atoms with Crippen LogP contribution in [-0.4, -0.2) is 25.4 Å². The number of imidazole rings is 1. The number of carboxylic acid groups (broad SMARTS) is 1. The van der Waals surface area contributed by atoms with E-state index < -0.39 is 5.97 Å². The number of aliphatic carboxylic acids is 1. The molecular weight excluding hydrogens is 230 g/mol. The molecule has 0 radical (unpaired) electrons. The summed E-state index contributed by atoms with van der Waals surface area (Å²) in [5.74, 6) is 0.407. The fourth-order valence-corrected chi connectivity index (χ4v) is 1.92. The molecule has 96 valence electrons. The first-order valence-corrected chi connectivity index (χ1v) is 6.04. The molecule has 1 N–H and O–H groups in total. The number of rotatable bonds is 4. The van der Waals surface area contributed by atoms with Crippen molar-refractivity contribution < 1.29 is 9.90 Å². The Balaban J connectivity index is 2.45. The summed E-state index contributed by atoms with van der Waals surface area (Å²) in [5, 5.41) is 8.70. The van der Waals surface area contributed by atoms with Gasteiger partial charge in [-0.15, -0.1) is 0 Å². The van der Waals surface area contributed by atoms with E-state index in [1.54, 1.807) is 0 Å². The second kappa shape index (κ2) is 4.76. The zero-order valence-electron chi connectivity index (χ0n) is 10.8. The minimum absolute atomic E-state index is 0.105. The fraction of sp³-hybridized carbons (Fsp3) is 0.462. The molecule has 5 nitrogen and oxygen atoms in total. The summed E-state index contributed by atoms with van der Waals surface area (Å²) < 4.78 is 1.94. The molecule has 2 rings (SSSR count). The maximum Gasteiger partial charge on any atom is 0.303 e. The van der Waals surface area contributed by atoms with Gasteiger partial charge < -0.3 is 5.11 Å². The SMILES string of the molecule is Cc1ncc(C(C)C)c2nc(CCC(=O)O)cn12. The van der Waals surface area contributed by atoms with Crippen LogP contribution in [0.2, 0.25) is 0 Å². The number of nitrogens with zero attached hydrogens (tertiary/aromatic N) is 3. The highest BCUT2D eigenvalue weighted by atomic mass is 16.4. The quantitative estimate of drug-likeness (QED) is 0.899. The summed E-state index contributed by atoms with van der Waals surface area (Å²) in [6.45, 7) is 6.11. The van der Waals surface area contributed by atoms with E-state index in [2.05, 4.69) is 23.8 Å². The van der Waals surface area contributed by atoms with Crippen LogP contribution in [0, 0.1) is 6.92 Å². The molecule has 0 unspecified atom stereocenters. The van der Waals surface area contributed by atoms with Crippen LogP contribution in [0.25, 0.3) is 5.65 Å². The molecule has 2 aromatic heterocycles. The second-order valence-corrected chi connectivity index (χ2v) is 4.74. The van der Waals surface area contributed by atoms with E-state index in [1.807, 2.05) is 23.7 Å². The van der Waals surface area contributed by atoms with Gasteiger partial charge in [-0.05, 0) is 12.8 Å². The van der Waals surface area contributed by atoms with Gasteiger partial charge in [0, 0.05) is 24.4 Å². The van der Waals surface area contributed by atoms with Crippen LogP contribution in [0.1, 0.15) is 43.3 Å². The Morgan fingerprint density at radius 3 is 2.83 bits per heavy atom. The van der Waals surface area contributed by atoms with E-state index in [0.29, 0.717) is 12.3 Å². The van der Waals surface area contributed by atoms with Gasteiger partial charge in [0.05, 0.1) is 12.1 Å². The lowest BCUT2D eigenvalue weighted by Crippen LogP contribution is -2.00. The van der Waals surface area contributed by atoms with Crippen LogP contribution in [0.3, 0.4) is 0 Å². The van der Waals surface area contributed by atoms with Gasteiger partial charge >= 0.3 is 5.97 Å². The molecule has 0 atom stereocenters. The van der Waals surface area contributed by atoms with Crippen LogP contribution in [-0.2, 0) is 11.2 Å². The average Bonchev–Trinajstić information content (AvgIpc) is 2.71. The van der Waals surface area contributed by atoms with E-state index in [-0.39, 0.29) is 6.42 Å². The van der Waals surface area contributed by atoms with Gasteiger partial charge in [-0.3, -0.25) is 9.20 Å². The monoisotopic (exact) mass is 247 g/mol. The number of fused-ring (bicyclic) bond motifs is 1. The zero-order valence-corrected chi connectivity index (χ0v) is 10.8. The summed E-state index contributed by atoms with van der Waals surface area (Å²) in [7, 11) is 0. The van der Waals surface area contributed by atoms with Crippen LogP contribution in [0.4, 0.5) is 0 Å². The van der Waals surface area contributed by atoms with Crippen LogP contribution in [0.5, 0.6) is 0 Å². The van der Waals surface area contributed by atoms with E-state index in [4.69, 9.17) is 5.11 Å². The van der Waals surface area contributed by atoms with Crippen LogP contribution < -0.4 is 0 Å². The molecule has 0 aliphatic heterocycles. The molecule has 0 aliphatic carbocycles. The molecule has 0 saturated heterocycles. The van der Waals surface area contributed by atoms with Crippen molar-refractivity contribution in [2.75, 3.05) is 0 Å². The maximum atomic E-state index is 10.6. The van der Waals surface area contributed by atoms with E-state index in [9.17, 15) is 4.79 Å². The summed E-state index contributed by atoms with van der Waals surface area (Å²) in [6, 6.07) is 0. The van der Waals surface area contributed by atoms with Gasteiger partial charge in [0.1, 0.15) is 11.5 Å². The highest BCUT2D eigenvalue weighted by Crippen LogP contribution is 2.20. The lowest BCUT2D eigenvalue weighted by atomic mass is 10.1. The standard InChI is InChI=1S/C13H17N3O2/c1-8(2)11-6-14-9(3)16-7-10(15-13(11)16)4-5-12(17)18/h6-8H,4-5H2,1-3H3,(H,17,18). The van der Waals surface area contributed by atoms with Crippen LogP contribution in [0.15, 0.2) is 12.4 Å². The Morgan fingerprint density at radius 2 is 2.22 bits per heavy atom. The number of carboxylic acids is 1. The second-order valence-electron chi connectivity index (χ2n) is 4.74. The lowest BCUT2D eigenvalue weighted by Gasteiger charge is -2.07. The third-order valence-corrected chi connectivity index (χ3v) is 2.97. The van der Waals surface area contributed by atoms with Gasteiger partial charge in [-0.25, -0.2) is 9.97 Å². The zero-order chi connectivity index (χ0) is 13.3. The molecule has 0 fully saturated rings. The molecule has 0 aromatic carbocycles. The molecule has 18 heavy (non-hydrogen) atoms. The smallest absolute Gasteiger partial charge is 0.303 e. The van der Waals surface area contributed by atoms with Crippen molar-refractivity contribution in [2.24, 2.45) is 0 Å². The number of hydrogen-bond acceptors (Lipinski definition) is 3. The topological polar surface area (TPSA) is 67.5 Å². The van der Waals surface area contributed by atoms with Crippen LogP contribution >= 0.6 is 0 Å². The van der Waals surface area contributed by atoms with Crippen molar-refractivity contribution >= 4 is 11.6 Å². The molecular formula is C13H17N3O2. The van der Waals surface area contributed by atoms with Crippen molar-refractivity contribution in [3.05, 3.63) is 29.5 Å². The van der Waals surface area contributed by atoms with E-state index in [0.717, 1.165) is 22.7 Å². The first-order chi connectivity index (χ1) is 8.49. The summed E-state index contributed by atoms with van der Waals surface area (Å²) in [4.78, 5) is 19.5. The normalized spacial score (nSPS) is 11.3. The van der Waals surface area contributed by atoms with Crippen molar-refractivity contribution in [1.82, 2.24) is 14.4 Å². The maximum absolute atomic E-state index is 10.6. The molecule has 5 heteroatoms. The predicted octanol–water partition coefficient (Wildman–Crippen LogP) is 2.18. The molecule has 0 spiro atoms. The Kier molecular flexibility index (Phi) is 3.32. The van der Waals surface area contributed by atoms with E-state index >= 15 is 0 Å². The summed E-state index contributed by atoms with van der Waals surface area (Å²) in [5.41, 5.74) is 2.77. The van der Waals surface area contributed by atoms with Gasteiger partial charge in [0.25, 0.3) is 0 Å². The molecule has 2 heterocycles. The Labute approximate surface area is 105 Å². The third kappa shape index (κ3) is 2.34. The Morgan fingerprint density at radius 1 is 1.50 bits per heavy atom. The number of hydrogen-bond donors (Lipinski definition) is 1. The summed E-state index contributed by atoms with van der Waals surface area (Å²) in [6.07, 6.45) is 4.29. The van der Waals surface area contributed by atoms with Gasteiger partial charge in [0.2, 0.25) is 0 Å². The molecule has 0 amide bonds. The first kappa shape index (κ1) is 12.5. The minimum atomic E-state index is -0.800. The third-order valence-electron chi connectivity index (χ3n) is 2.97. The summed E-state index contributed by atoms with van der Waals surface area (Å²) >= 11 is 0. The lowest BCUT2D eigenvalue weighted by molar-refractivity contribution is -0.136. The predicted molar refractivity (Wildman–Crippen MR) is 67.8 cm³/mol. The van der Waals surface area contributed by atoms with Gasteiger partial charge in [-0.2, -0.15) is 0 Å². The first-order valence-electron chi connectivity index (χ1n) is 6.04. The van der Waals surface area contributed by atoms with Crippen molar-refractivity contribution in [2.45, 2.75) is 39.5 Å². The van der Waals surface area contributed by atoms with Gasteiger partial charge in [-0.1, -0.05) is 13.8 Å². The Hall–Kier alpha value is -1.91. The highest BCUT2D eigenvalue weighted by Gasteiger charge is 2.12. The molecule has 2 aromatic rings. The van der Waals surface area contributed by atoms with Crippen molar-refractivity contribution in [3.63, 3.8) is 0 Å². The number of aromatic nitrogens is 3. The fourth-order valence-electron chi connectivity index (χ4n) is 1.92. The largest absolute Gasteiger partial charge is 0.481 e. The molecule has 0 aliphatic rings.